The van der Waals surface area contributed by atoms with Gasteiger partial charge >= 0.3 is 0 Å². The third-order valence-corrected chi connectivity index (χ3v) is 4.11. The van der Waals surface area contributed by atoms with Crippen molar-refractivity contribution < 1.29 is 14.3 Å². The molecule has 1 heterocycles. The molecule has 0 saturated heterocycles. The van der Waals surface area contributed by atoms with Crippen LogP contribution in [0.15, 0.2) is 28.7 Å². The van der Waals surface area contributed by atoms with E-state index in [4.69, 9.17) is 4.42 Å². The molecule has 0 fully saturated rings. The second-order valence-electron chi connectivity index (χ2n) is 5.92. The van der Waals surface area contributed by atoms with Crippen LogP contribution in [-0.2, 0) is 6.42 Å². The van der Waals surface area contributed by atoms with E-state index in [1.165, 1.54) is 0 Å². The molecule has 2 rings (SSSR count). The zero-order valence-electron chi connectivity index (χ0n) is 13.8. The lowest BCUT2D eigenvalue weighted by Crippen LogP contribution is -2.04. The fraction of sp³-hybridized carbons (Fsp3) is 0.421. The zero-order valence-corrected chi connectivity index (χ0v) is 13.8. The summed E-state index contributed by atoms with van der Waals surface area (Å²) >= 11 is 0. The first kappa shape index (κ1) is 16.3. The molecule has 3 heteroatoms. The monoisotopic (exact) mass is 300 g/mol. The maximum Gasteiger partial charge on any atom is 0.163 e. The molecule has 0 saturated carbocycles. The summed E-state index contributed by atoms with van der Waals surface area (Å²) in [6, 6.07) is 7.25. The Labute approximate surface area is 132 Å². The zero-order chi connectivity index (χ0) is 16.3. The maximum atomic E-state index is 12.0. The number of phenols is 1. The Bertz CT molecular complexity index is 667. The molecule has 0 radical (unpaired) electrons. The van der Waals surface area contributed by atoms with Crippen molar-refractivity contribution in [2.45, 2.75) is 52.9 Å². The number of carbonyl (C=O) groups excluding carboxylic acids is 1. The maximum absolute atomic E-state index is 12.0. The number of furan rings is 1. The van der Waals surface area contributed by atoms with Crippen LogP contribution in [0.5, 0.6) is 5.75 Å². The van der Waals surface area contributed by atoms with E-state index in [1.54, 1.807) is 19.1 Å². The van der Waals surface area contributed by atoms with Gasteiger partial charge in [0.1, 0.15) is 17.3 Å². The van der Waals surface area contributed by atoms with Crippen LogP contribution in [0, 0.1) is 6.92 Å². The Morgan fingerprint density at radius 2 is 2.00 bits per heavy atom. The highest BCUT2D eigenvalue weighted by atomic mass is 16.3. The van der Waals surface area contributed by atoms with Crippen molar-refractivity contribution in [2.75, 3.05) is 0 Å². The van der Waals surface area contributed by atoms with Crippen molar-refractivity contribution in [2.24, 2.45) is 0 Å². The molecule has 0 bridgehead atoms. The quantitative estimate of drug-likeness (QED) is 0.764. The number of phenolic OH excluding ortho intramolecular Hbond substituents is 1. The van der Waals surface area contributed by atoms with Crippen molar-refractivity contribution in [3.63, 3.8) is 0 Å². The highest BCUT2D eigenvalue weighted by Crippen LogP contribution is 2.34. The number of hydrogen-bond acceptors (Lipinski definition) is 3. The molecule has 22 heavy (non-hydrogen) atoms. The minimum absolute atomic E-state index is 0.0442. The summed E-state index contributed by atoms with van der Waals surface area (Å²) in [6.45, 7) is 7.70. The molecule has 0 amide bonds. The smallest absolute Gasteiger partial charge is 0.163 e. The summed E-state index contributed by atoms with van der Waals surface area (Å²) in [5.41, 5.74) is 2.54. The third kappa shape index (κ3) is 3.24. The second-order valence-corrected chi connectivity index (χ2v) is 5.92. The molecule has 118 valence electrons. The highest BCUT2D eigenvalue weighted by molar-refractivity contribution is 5.97. The number of benzene rings is 1. The summed E-state index contributed by atoms with van der Waals surface area (Å²) in [4.78, 5) is 12.0. The first-order valence-electron chi connectivity index (χ1n) is 7.85. The van der Waals surface area contributed by atoms with Crippen LogP contribution in [-0.4, -0.2) is 10.9 Å². The van der Waals surface area contributed by atoms with Crippen molar-refractivity contribution in [3.05, 3.63) is 52.5 Å². The molecule has 3 nitrogen and oxygen atoms in total. The minimum Gasteiger partial charge on any atom is -0.508 e. The molecule has 2 aromatic rings. The summed E-state index contributed by atoms with van der Waals surface area (Å²) < 4.78 is 5.90. The van der Waals surface area contributed by atoms with Gasteiger partial charge in [0.2, 0.25) is 0 Å². The Morgan fingerprint density at radius 1 is 1.32 bits per heavy atom. The van der Waals surface area contributed by atoms with Gasteiger partial charge in [0.05, 0.1) is 5.56 Å². The largest absolute Gasteiger partial charge is 0.508 e. The second kappa shape index (κ2) is 6.82. The average Bonchev–Trinajstić information content (AvgIpc) is 2.78. The molecule has 0 spiro atoms. The van der Waals surface area contributed by atoms with Crippen LogP contribution in [0.4, 0.5) is 0 Å². The van der Waals surface area contributed by atoms with Crippen LogP contribution in [0.1, 0.15) is 72.5 Å². The molecule has 0 aliphatic heterocycles. The normalized spacial score (nSPS) is 12.4. The molecule has 1 aromatic carbocycles. The van der Waals surface area contributed by atoms with Gasteiger partial charge in [-0.1, -0.05) is 38.5 Å². The number of Topliss-reactive ketones (excluding diaryl/α,β-unsaturated/α-hetero) is 1. The Kier molecular flexibility index (Phi) is 5.07. The summed E-state index contributed by atoms with van der Waals surface area (Å²) in [6.07, 6.45) is 2.57. The summed E-state index contributed by atoms with van der Waals surface area (Å²) in [5.74, 6) is 2.04. The molecule has 1 atom stereocenters. The SMILES string of the molecule is CCCC(C)c1c(Cc2ccccc2O)oc(C)c1C(C)=O. The lowest BCUT2D eigenvalue weighted by molar-refractivity contribution is 0.101. The molecular weight excluding hydrogens is 276 g/mol. The standard InChI is InChI=1S/C19H24O3/c1-5-8-12(2)18-17(22-14(4)19(18)13(3)20)11-15-9-6-7-10-16(15)21/h6-7,9-10,12,21H,5,8,11H2,1-4H3. The van der Waals surface area contributed by atoms with Crippen LogP contribution in [0.25, 0.3) is 0 Å². The van der Waals surface area contributed by atoms with Gasteiger partial charge in [-0.15, -0.1) is 0 Å². The number of ketones is 1. The van der Waals surface area contributed by atoms with Gasteiger partial charge in [-0.3, -0.25) is 4.79 Å². The van der Waals surface area contributed by atoms with Gasteiger partial charge < -0.3 is 9.52 Å². The van der Waals surface area contributed by atoms with Crippen molar-refractivity contribution in [1.29, 1.82) is 0 Å². The van der Waals surface area contributed by atoms with Gasteiger partial charge in [0.15, 0.2) is 5.78 Å². The lowest BCUT2D eigenvalue weighted by atomic mass is 9.89. The average molecular weight is 300 g/mol. The minimum atomic E-state index is 0.0442. The van der Waals surface area contributed by atoms with E-state index in [2.05, 4.69) is 13.8 Å². The van der Waals surface area contributed by atoms with Crippen LogP contribution in [0.3, 0.4) is 0 Å². The Balaban J connectivity index is 2.49. The van der Waals surface area contributed by atoms with E-state index in [0.717, 1.165) is 29.7 Å². The van der Waals surface area contributed by atoms with Gasteiger partial charge in [0, 0.05) is 17.5 Å². The number of rotatable bonds is 6. The number of carbonyl (C=O) groups is 1. The van der Waals surface area contributed by atoms with Gasteiger partial charge in [-0.25, -0.2) is 0 Å². The van der Waals surface area contributed by atoms with Crippen LogP contribution in [0.2, 0.25) is 0 Å². The van der Waals surface area contributed by atoms with Crippen molar-refractivity contribution >= 4 is 5.78 Å². The third-order valence-electron chi connectivity index (χ3n) is 4.11. The van der Waals surface area contributed by atoms with Crippen LogP contribution >= 0.6 is 0 Å². The molecular formula is C19H24O3. The predicted octanol–water partition coefficient (Wildman–Crippen LogP) is 4.99. The topological polar surface area (TPSA) is 50.4 Å². The number of hydrogen-bond donors (Lipinski definition) is 1. The van der Waals surface area contributed by atoms with E-state index >= 15 is 0 Å². The fourth-order valence-electron chi connectivity index (χ4n) is 3.12. The molecule has 1 N–H and O–H groups in total. The first-order valence-corrected chi connectivity index (χ1v) is 7.85. The summed E-state index contributed by atoms with van der Waals surface area (Å²) in [5, 5.41) is 9.98. The Morgan fingerprint density at radius 3 is 2.59 bits per heavy atom. The van der Waals surface area contributed by atoms with Crippen molar-refractivity contribution in [3.8, 4) is 5.75 Å². The van der Waals surface area contributed by atoms with Gasteiger partial charge in [-0.05, 0) is 32.3 Å². The first-order chi connectivity index (χ1) is 10.5. The van der Waals surface area contributed by atoms with Gasteiger partial charge in [0.25, 0.3) is 0 Å². The van der Waals surface area contributed by atoms with E-state index < -0.39 is 0 Å². The molecule has 0 aliphatic carbocycles. The van der Waals surface area contributed by atoms with Gasteiger partial charge in [-0.2, -0.15) is 0 Å². The number of para-hydroxylation sites is 1. The van der Waals surface area contributed by atoms with E-state index in [9.17, 15) is 9.90 Å². The lowest BCUT2D eigenvalue weighted by Gasteiger charge is -2.13. The van der Waals surface area contributed by atoms with Crippen molar-refractivity contribution in [1.82, 2.24) is 0 Å². The number of aryl methyl sites for hydroxylation is 1. The van der Waals surface area contributed by atoms with Crippen LogP contribution < -0.4 is 0 Å². The Hall–Kier alpha value is -2.03. The molecule has 1 aromatic heterocycles. The molecule has 1 unspecified atom stereocenters. The van der Waals surface area contributed by atoms with E-state index in [-0.39, 0.29) is 17.5 Å². The van der Waals surface area contributed by atoms with E-state index in [1.807, 2.05) is 19.1 Å². The summed E-state index contributed by atoms with van der Waals surface area (Å²) in [7, 11) is 0. The van der Waals surface area contributed by atoms with E-state index in [0.29, 0.717) is 17.7 Å². The number of aromatic hydroxyl groups is 1. The fourth-order valence-corrected chi connectivity index (χ4v) is 3.12. The molecule has 0 aliphatic rings. The highest BCUT2D eigenvalue weighted by Gasteiger charge is 2.25. The predicted molar refractivity (Wildman–Crippen MR) is 87.7 cm³/mol.